The minimum atomic E-state index is 0.975. The number of guanidine groups is 1. The van der Waals surface area contributed by atoms with Crippen LogP contribution in [-0.2, 0) is 0 Å². The molecule has 25 heavy (non-hydrogen) atoms. The zero-order chi connectivity index (χ0) is 17.7. The fourth-order valence-electron chi connectivity index (χ4n) is 4.11. The maximum Gasteiger partial charge on any atom is 0.190 e. The van der Waals surface area contributed by atoms with Crippen molar-refractivity contribution in [3.8, 4) is 0 Å². The summed E-state index contributed by atoms with van der Waals surface area (Å²) in [6.45, 7) is 11.7. The number of likely N-dealkylation sites (N-methyl/N-ethyl adjacent to an activating group) is 1. The molecule has 146 valence electrons. The monoisotopic (exact) mass is 351 g/mol. The van der Waals surface area contributed by atoms with Gasteiger partial charge < -0.3 is 20.4 Å². The molecule has 5 nitrogen and oxygen atoms in total. The summed E-state index contributed by atoms with van der Waals surface area (Å²) in [4.78, 5) is 9.50. The predicted octanol–water partition coefficient (Wildman–Crippen LogP) is 2.54. The van der Waals surface area contributed by atoms with Gasteiger partial charge in [0.1, 0.15) is 0 Å². The van der Waals surface area contributed by atoms with Crippen molar-refractivity contribution in [1.29, 1.82) is 0 Å². The Morgan fingerprint density at radius 2 is 1.56 bits per heavy atom. The van der Waals surface area contributed by atoms with Crippen LogP contribution in [0.4, 0.5) is 0 Å². The molecule has 2 rings (SSSR count). The number of unbranched alkanes of at least 4 members (excludes halogenated alkanes) is 1. The van der Waals surface area contributed by atoms with Crippen LogP contribution in [0.15, 0.2) is 4.99 Å². The van der Waals surface area contributed by atoms with Gasteiger partial charge in [-0.25, -0.2) is 0 Å². The van der Waals surface area contributed by atoms with Crippen molar-refractivity contribution < 1.29 is 0 Å². The minimum absolute atomic E-state index is 0.975. The number of rotatable bonds is 10. The molecule has 2 fully saturated rings. The normalized spacial score (nSPS) is 21.0. The first kappa shape index (κ1) is 20.5. The van der Waals surface area contributed by atoms with Crippen LogP contribution in [0.25, 0.3) is 0 Å². The van der Waals surface area contributed by atoms with Gasteiger partial charge in [-0.05, 0) is 44.7 Å². The van der Waals surface area contributed by atoms with Crippen LogP contribution >= 0.6 is 0 Å². The Kier molecular flexibility index (Phi) is 10.3. The number of piperazine rings is 1. The van der Waals surface area contributed by atoms with Crippen molar-refractivity contribution >= 4 is 5.96 Å². The summed E-state index contributed by atoms with van der Waals surface area (Å²) in [6, 6.07) is 0. The molecule has 1 aliphatic heterocycles. The molecular formula is C20H41N5. The van der Waals surface area contributed by atoms with Crippen LogP contribution in [0.5, 0.6) is 0 Å². The van der Waals surface area contributed by atoms with Gasteiger partial charge in [0.15, 0.2) is 5.96 Å². The second-order valence-corrected chi connectivity index (χ2v) is 7.70. The van der Waals surface area contributed by atoms with Crippen LogP contribution in [0.2, 0.25) is 0 Å². The molecule has 0 atom stereocenters. The Bertz CT molecular complexity index is 357. The third-order valence-corrected chi connectivity index (χ3v) is 5.89. The molecule has 0 amide bonds. The van der Waals surface area contributed by atoms with Crippen molar-refractivity contribution in [3.63, 3.8) is 0 Å². The molecule has 0 aromatic heterocycles. The summed E-state index contributed by atoms with van der Waals surface area (Å²) in [5.74, 6) is 1.97. The summed E-state index contributed by atoms with van der Waals surface area (Å²) in [7, 11) is 1.87. The average Bonchev–Trinajstić information content (AvgIpc) is 3.17. The van der Waals surface area contributed by atoms with Gasteiger partial charge in [-0.2, -0.15) is 0 Å². The Balaban J connectivity index is 1.43. The Labute approximate surface area is 155 Å². The van der Waals surface area contributed by atoms with E-state index < -0.39 is 0 Å². The fraction of sp³-hybridized carbons (Fsp3) is 0.950. The topological polar surface area (TPSA) is 42.9 Å². The molecule has 0 unspecified atom stereocenters. The van der Waals surface area contributed by atoms with Crippen LogP contribution in [0, 0.1) is 5.92 Å². The van der Waals surface area contributed by atoms with E-state index in [1.807, 2.05) is 7.05 Å². The Morgan fingerprint density at radius 1 is 0.920 bits per heavy atom. The lowest BCUT2D eigenvalue weighted by Gasteiger charge is -2.34. The SMILES string of the molecule is CCN1CCN(CCCCNC(=NC)NCCCC2CCCC2)CC1. The zero-order valence-electron chi connectivity index (χ0n) is 16.7. The van der Waals surface area contributed by atoms with E-state index in [1.54, 1.807) is 0 Å². The van der Waals surface area contributed by atoms with Crippen LogP contribution in [0.1, 0.15) is 58.3 Å². The van der Waals surface area contributed by atoms with Crippen LogP contribution in [-0.4, -0.2) is 75.2 Å². The highest BCUT2D eigenvalue weighted by atomic mass is 15.3. The predicted molar refractivity (Wildman–Crippen MR) is 108 cm³/mol. The molecule has 5 heteroatoms. The summed E-state index contributed by atoms with van der Waals surface area (Å²) in [5, 5.41) is 6.93. The van der Waals surface area contributed by atoms with Gasteiger partial charge in [0.05, 0.1) is 0 Å². The zero-order valence-corrected chi connectivity index (χ0v) is 16.7. The van der Waals surface area contributed by atoms with Gasteiger partial charge in [0.2, 0.25) is 0 Å². The van der Waals surface area contributed by atoms with E-state index in [1.165, 1.54) is 90.6 Å². The van der Waals surface area contributed by atoms with E-state index in [2.05, 4.69) is 32.3 Å². The first-order valence-electron chi connectivity index (χ1n) is 10.7. The van der Waals surface area contributed by atoms with Crippen molar-refractivity contribution in [2.45, 2.75) is 58.3 Å². The highest BCUT2D eigenvalue weighted by Gasteiger charge is 2.15. The second-order valence-electron chi connectivity index (χ2n) is 7.70. The molecule has 2 aliphatic rings. The van der Waals surface area contributed by atoms with E-state index >= 15 is 0 Å². The second kappa shape index (κ2) is 12.5. The van der Waals surface area contributed by atoms with Gasteiger partial charge in [-0.3, -0.25) is 4.99 Å². The summed E-state index contributed by atoms with van der Waals surface area (Å²) < 4.78 is 0. The standard InChI is InChI=1S/C20H41N5/c1-3-24-15-17-25(18-16-24)14-7-6-12-22-20(21-2)23-13-8-11-19-9-4-5-10-19/h19H,3-18H2,1-2H3,(H2,21,22,23). The van der Waals surface area contributed by atoms with Crippen molar-refractivity contribution in [3.05, 3.63) is 0 Å². The first-order chi connectivity index (χ1) is 12.3. The number of hydrogen-bond acceptors (Lipinski definition) is 3. The van der Waals surface area contributed by atoms with Crippen molar-refractivity contribution in [1.82, 2.24) is 20.4 Å². The van der Waals surface area contributed by atoms with E-state index in [4.69, 9.17) is 0 Å². The number of nitrogens with one attached hydrogen (secondary N) is 2. The summed E-state index contributed by atoms with van der Waals surface area (Å²) >= 11 is 0. The lowest BCUT2D eigenvalue weighted by molar-refractivity contribution is 0.136. The number of aliphatic imine (C=N–C) groups is 1. The maximum absolute atomic E-state index is 4.34. The molecule has 0 aromatic carbocycles. The maximum atomic E-state index is 4.34. The van der Waals surface area contributed by atoms with E-state index in [0.717, 1.165) is 25.0 Å². The van der Waals surface area contributed by atoms with Crippen molar-refractivity contribution in [2.75, 3.05) is 59.4 Å². The summed E-state index contributed by atoms with van der Waals surface area (Å²) in [5.41, 5.74) is 0. The molecule has 0 aromatic rings. The molecule has 1 aliphatic carbocycles. The Hall–Kier alpha value is -0.810. The van der Waals surface area contributed by atoms with Gasteiger partial charge in [-0.15, -0.1) is 0 Å². The molecule has 0 radical (unpaired) electrons. The fourth-order valence-corrected chi connectivity index (χ4v) is 4.11. The average molecular weight is 352 g/mol. The quantitative estimate of drug-likeness (QED) is 0.361. The third kappa shape index (κ3) is 8.41. The molecular weight excluding hydrogens is 310 g/mol. The molecule has 0 spiro atoms. The smallest absolute Gasteiger partial charge is 0.190 e. The number of nitrogens with zero attached hydrogens (tertiary/aromatic N) is 3. The molecule has 1 heterocycles. The molecule has 1 saturated carbocycles. The first-order valence-corrected chi connectivity index (χ1v) is 10.7. The van der Waals surface area contributed by atoms with E-state index in [-0.39, 0.29) is 0 Å². The molecule has 0 bridgehead atoms. The minimum Gasteiger partial charge on any atom is -0.356 e. The molecule has 2 N–H and O–H groups in total. The van der Waals surface area contributed by atoms with Crippen LogP contribution < -0.4 is 10.6 Å². The number of hydrogen-bond donors (Lipinski definition) is 2. The largest absolute Gasteiger partial charge is 0.356 e. The van der Waals surface area contributed by atoms with Gasteiger partial charge >= 0.3 is 0 Å². The molecule has 1 saturated heterocycles. The van der Waals surface area contributed by atoms with Crippen LogP contribution in [0.3, 0.4) is 0 Å². The summed E-state index contributed by atoms with van der Waals surface area (Å²) in [6.07, 6.45) is 11.0. The van der Waals surface area contributed by atoms with Gasteiger partial charge in [0.25, 0.3) is 0 Å². The van der Waals surface area contributed by atoms with E-state index in [9.17, 15) is 0 Å². The van der Waals surface area contributed by atoms with Gasteiger partial charge in [0, 0.05) is 46.3 Å². The van der Waals surface area contributed by atoms with Gasteiger partial charge in [-0.1, -0.05) is 32.6 Å². The highest BCUT2D eigenvalue weighted by Crippen LogP contribution is 2.28. The Morgan fingerprint density at radius 3 is 2.20 bits per heavy atom. The lowest BCUT2D eigenvalue weighted by atomic mass is 10.0. The lowest BCUT2D eigenvalue weighted by Crippen LogP contribution is -2.46. The third-order valence-electron chi connectivity index (χ3n) is 5.89. The van der Waals surface area contributed by atoms with Crippen molar-refractivity contribution in [2.24, 2.45) is 10.9 Å². The van der Waals surface area contributed by atoms with E-state index in [0.29, 0.717) is 0 Å². The highest BCUT2D eigenvalue weighted by molar-refractivity contribution is 5.79.